The number of hydrogen-bond donors (Lipinski definition) is 2. The van der Waals surface area contributed by atoms with Crippen molar-refractivity contribution < 1.29 is 9.53 Å². The highest BCUT2D eigenvalue weighted by molar-refractivity contribution is 7.80. The first kappa shape index (κ1) is 13.4. The summed E-state index contributed by atoms with van der Waals surface area (Å²) in [6.45, 7) is 0.502. The van der Waals surface area contributed by atoms with Gasteiger partial charge < -0.3 is 10.1 Å². The summed E-state index contributed by atoms with van der Waals surface area (Å²) in [5.41, 5.74) is 0.410. The van der Waals surface area contributed by atoms with Crippen molar-refractivity contribution in [3.63, 3.8) is 0 Å². The molecule has 0 saturated carbocycles. The lowest BCUT2D eigenvalue weighted by atomic mass is 10.2. The Balaban J connectivity index is 2.19. The van der Waals surface area contributed by atoms with E-state index < -0.39 is 0 Å². The zero-order chi connectivity index (χ0) is 13.5. The normalized spacial score (nSPS) is 9.95. The molecule has 0 aliphatic rings. The quantitative estimate of drug-likeness (QED) is 0.824. The number of aromatic nitrogens is 1. The lowest BCUT2D eigenvalue weighted by Crippen LogP contribution is -2.25. The van der Waals surface area contributed by atoms with E-state index in [-0.39, 0.29) is 5.91 Å². The molecule has 0 aliphatic carbocycles. The maximum atomic E-state index is 11.9. The van der Waals surface area contributed by atoms with Crippen molar-refractivity contribution in [1.82, 2.24) is 10.3 Å². The zero-order valence-electron chi connectivity index (χ0n) is 10.2. The van der Waals surface area contributed by atoms with Crippen LogP contribution in [0.15, 0.2) is 48.8 Å². The molecule has 0 spiro atoms. The smallest absolute Gasteiger partial charge is 0.256 e. The Labute approximate surface area is 117 Å². The zero-order valence-corrected chi connectivity index (χ0v) is 11.1. The highest BCUT2D eigenvalue weighted by Gasteiger charge is 2.12. The third kappa shape index (κ3) is 3.72. The third-order valence-electron chi connectivity index (χ3n) is 2.39. The van der Waals surface area contributed by atoms with Crippen LogP contribution in [0.5, 0.6) is 11.5 Å². The minimum atomic E-state index is -0.215. The molecule has 0 radical (unpaired) electrons. The van der Waals surface area contributed by atoms with E-state index in [9.17, 15) is 4.79 Å². The van der Waals surface area contributed by atoms with Crippen LogP contribution in [0.4, 0.5) is 0 Å². The number of hydrogen-bond acceptors (Lipinski definition) is 4. The summed E-state index contributed by atoms with van der Waals surface area (Å²) in [6.07, 6.45) is 3.08. The van der Waals surface area contributed by atoms with Crippen molar-refractivity contribution in [3.8, 4) is 11.5 Å². The topological polar surface area (TPSA) is 51.2 Å². The second-order valence-electron chi connectivity index (χ2n) is 3.77. The van der Waals surface area contributed by atoms with Crippen LogP contribution in [0, 0.1) is 0 Å². The highest BCUT2D eigenvalue weighted by Crippen LogP contribution is 2.24. The molecule has 2 aromatic rings. The van der Waals surface area contributed by atoms with Gasteiger partial charge in [-0.05, 0) is 18.2 Å². The Morgan fingerprint density at radius 3 is 2.79 bits per heavy atom. The van der Waals surface area contributed by atoms with Gasteiger partial charge in [0.15, 0.2) is 0 Å². The van der Waals surface area contributed by atoms with Crippen molar-refractivity contribution in [2.24, 2.45) is 0 Å². The number of pyridine rings is 1. The van der Waals surface area contributed by atoms with E-state index >= 15 is 0 Å². The van der Waals surface area contributed by atoms with Gasteiger partial charge in [0.05, 0.1) is 0 Å². The summed E-state index contributed by atoms with van der Waals surface area (Å²) in [5, 5.41) is 2.74. The number of benzene rings is 1. The van der Waals surface area contributed by atoms with Crippen LogP contribution in [-0.2, 0) is 0 Å². The number of thiol groups is 1. The molecule has 98 valence electrons. The second kappa shape index (κ2) is 6.80. The first-order valence-electron chi connectivity index (χ1n) is 5.87. The molecule has 0 aliphatic heterocycles. The van der Waals surface area contributed by atoms with Gasteiger partial charge in [-0.15, -0.1) is 0 Å². The van der Waals surface area contributed by atoms with Gasteiger partial charge in [0.1, 0.15) is 17.1 Å². The van der Waals surface area contributed by atoms with Crippen molar-refractivity contribution in [3.05, 3.63) is 54.4 Å². The number of nitrogens with zero attached hydrogens (tertiary/aromatic N) is 1. The molecule has 1 aromatic carbocycles. The molecule has 0 bridgehead atoms. The van der Waals surface area contributed by atoms with Gasteiger partial charge in [-0.2, -0.15) is 12.6 Å². The fourth-order valence-electron chi connectivity index (χ4n) is 1.52. The van der Waals surface area contributed by atoms with Gasteiger partial charge in [0.2, 0.25) is 0 Å². The minimum absolute atomic E-state index is 0.215. The van der Waals surface area contributed by atoms with E-state index in [1.54, 1.807) is 12.3 Å². The fraction of sp³-hybridized carbons (Fsp3) is 0.143. The van der Waals surface area contributed by atoms with E-state index in [2.05, 4.69) is 22.9 Å². The number of carbonyl (C=O) groups is 1. The Bertz CT molecular complexity index is 546. The monoisotopic (exact) mass is 274 g/mol. The van der Waals surface area contributed by atoms with Crippen LogP contribution in [0.2, 0.25) is 0 Å². The first-order chi connectivity index (χ1) is 9.31. The van der Waals surface area contributed by atoms with Gasteiger partial charge in [-0.25, -0.2) is 0 Å². The Morgan fingerprint density at radius 2 is 2.05 bits per heavy atom. The Morgan fingerprint density at radius 1 is 1.26 bits per heavy atom. The van der Waals surface area contributed by atoms with E-state index in [4.69, 9.17) is 4.74 Å². The molecule has 5 heteroatoms. The minimum Gasteiger partial charge on any atom is -0.456 e. The lowest BCUT2D eigenvalue weighted by Gasteiger charge is -2.10. The van der Waals surface area contributed by atoms with E-state index in [1.165, 1.54) is 6.20 Å². The van der Waals surface area contributed by atoms with Crippen LogP contribution in [0.3, 0.4) is 0 Å². The molecule has 19 heavy (non-hydrogen) atoms. The lowest BCUT2D eigenvalue weighted by molar-refractivity contribution is 0.0953. The Kier molecular flexibility index (Phi) is 4.80. The predicted octanol–water partition coefficient (Wildman–Crippen LogP) is 2.53. The van der Waals surface area contributed by atoms with Crippen molar-refractivity contribution in [2.45, 2.75) is 0 Å². The van der Waals surface area contributed by atoms with Gasteiger partial charge in [-0.1, -0.05) is 18.2 Å². The van der Waals surface area contributed by atoms with Crippen LogP contribution >= 0.6 is 12.6 Å². The predicted molar refractivity (Wildman–Crippen MR) is 76.9 cm³/mol. The summed E-state index contributed by atoms with van der Waals surface area (Å²) in [7, 11) is 0. The van der Waals surface area contributed by atoms with Gasteiger partial charge >= 0.3 is 0 Å². The van der Waals surface area contributed by atoms with Gasteiger partial charge in [0, 0.05) is 24.7 Å². The molecule has 1 heterocycles. The summed E-state index contributed by atoms with van der Waals surface area (Å²) >= 11 is 4.05. The average Bonchev–Trinajstić information content (AvgIpc) is 2.46. The summed E-state index contributed by atoms with van der Waals surface area (Å²) in [5.74, 6) is 1.53. The number of para-hydroxylation sites is 1. The van der Waals surface area contributed by atoms with Crippen LogP contribution in [0.1, 0.15) is 10.4 Å². The number of carbonyl (C=O) groups excluding carboxylic acids is 1. The summed E-state index contributed by atoms with van der Waals surface area (Å²) in [4.78, 5) is 15.9. The number of amides is 1. The van der Waals surface area contributed by atoms with Crippen molar-refractivity contribution in [1.29, 1.82) is 0 Å². The van der Waals surface area contributed by atoms with Crippen molar-refractivity contribution in [2.75, 3.05) is 12.3 Å². The van der Waals surface area contributed by atoms with Crippen LogP contribution in [0.25, 0.3) is 0 Å². The SMILES string of the molecule is O=C(NCCS)c1cnccc1Oc1ccccc1. The molecule has 1 amide bonds. The first-order valence-corrected chi connectivity index (χ1v) is 6.50. The van der Waals surface area contributed by atoms with Gasteiger partial charge in [0.25, 0.3) is 5.91 Å². The molecule has 2 rings (SSSR count). The number of ether oxygens (including phenoxy) is 1. The summed E-state index contributed by atoms with van der Waals surface area (Å²) < 4.78 is 5.69. The number of rotatable bonds is 5. The highest BCUT2D eigenvalue weighted by atomic mass is 32.1. The molecular weight excluding hydrogens is 260 g/mol. The summed E-state index contributed by atoms with van der Waals surface area (Å²) in [6, 6.07) is 11.0. The van der Waals surface area contributed by atoms with E-state index in [0.717, 1.165) is 0 Å². The Hall–Kier alpha value is -2.01. The van der Waals surface area contributed by atoms with Crippen LogP contribution < -0.4 is 10.1 Å². The molecule has 1 aromatic heterocycles. The maximum Gasteiger partial charge on any atom is 0.256 e. The molecule has 0 unspecified atom stereocenters. The van der Waals surface area contributed by atoms with Crippen molar-refractivity contribution >= 4 is 18.5 Å². The number of nitrogens with one attached hydrogen (secondary N) is 1. The standard InChI is InChI=1S/C14H14N2O2S/c17-14(16-8-9-19)12-10-15-7-6-13(12)18-11-4-2-1-3-5-11/h1-7,10,19H,8-9H2,(H,16,17). The van der Waals surface area contributed by atoms with E-state index in [0.29, 0.717) is 29.4 Å². The molecule has 4 nitrogen and oxygen atoms in total. The maximum absolute atomic E-state index is 11.9. The molecule has 0 fully saturated rings. The second-order valence-corrected chi connectivity index (χ2v) is 4.21. The average molecular weight is 274 g/mol. The molecule has 1 N–H and O–H groups in total. The molecular formula is C14H14N2O2S. The molecule has 0 atom stereocenters. The van der Waals surface area contributed by atoms with Gasteiger partial charge in [-0.3, -0.25) is 9.78 Å². The van der Waals surface area contributed by atoms with E-state index in [1.807, 2.05) is 30.3 Å². The largest absolute Gasteiger partial charge is 0.456 e. The molecule has 0 saturated heterocycles. The van der Waals surface area contributed by atoms with Crippen LogP contribution in [-0.4, -0.2) is 23.2 Å². The third-order valence-corrected chi connectivity index (χ3v) is 2.62. The fourth-order valence-corrected chi connectivity index (χ4v) is 1.63.